The van der Waals surface area contributed by atoms with Crippen LogP contribution in [0.2, 0.25) is 0 Å². The maximum atomic E-state index is 10.8. The normalized spacial score (nSPS) is 10.4. The number of carbonyl (C=O) groups excluding carboxylic acids is 1. The first-order valence-electron chi connectivity index (χ1n) is 4.35. The molecule has 0 amide bonds. The SMILES string of the molecule is COc1c(C=O)ccc2ccn(C)c12. The van der Waals surface area contributed by atoms with Gasteiger partial charge in [-0.25, -0.2) is 0 Å². The molecule has 3 heteroatoms. The first-order chi connectivity index (χ1) is 6.77. The fourth-order valence-corrected chi connectivity index (χ4v) is 1.67. The van der Waals surface area contributed by atoms with Gasteiger partial charge in [0.15, 0.2) is 12.0 Å². The van der Waals surface area contributed by atoms with E-state index in [0.29, 0.717) is 11.3 Å². The number of rotatable bonds is 2. The van der Waals surface area contributed by atoms with Gasteiger partial charge in [0.05, 0.1) is 18.2 Å². The first-order valence-corrected chi connectivity index (χ1v) is 4.35. The van der Waals surface area contributed by atoms with Gasteiger partial charge < -0.3 is 9.30 Å². The van der Waals surface area contributed by atoms with Crippen molar-refractivity contribution >= 4 is 17.2 Å². The molecule has 0 saturated carbocycles. The first kappa shape index (κ1) is 8.81. The number of carbonyl (C=O) groups is 1. The number of fused-ring (bicyclic) bond motifs is 1. The molecule has 0 unspecified atom stereocenters. The third-order valence-corrected chi connectivity index (χ3v) is 2.35. The number of ether oxygens (including phenoxy) is 1. The minimum Gasteiger partial charge on any atom is -0.494 e. The summed E-state index contributed by atoms with van der Waals surface area (Å²) in [7, 11) is 3.51. The quantitative estimate of drug-likeness (QED) is 0.676. The van der Waals surface area contributed by atoms with E-state index in [1.54, 1.807) is 13.2 Å². The van der Waals surface area contributed by atoms with Gasteiger partial charge in [-0.2, -0.15) is 0 Å². The molecule has 3 nitrogen and oxygen atoms in total. The van der Waals surface area contributed by atoms with Gasteiger partial charge in [-0.15, -0.1) is 0 Å². The second-order valence-electron chi connectivity index (χ2n) is 3.17. The Morgan fingerprint density at radius 3 is 2.79 bits per heavy atom. The van der Waals surface area contributed by atoms with Crippen molar-refractivity contribution in [2.24, 2.45) is 7.05 Å². The maximum absolute atomic E-state index is 10.8. The summed E-state index contributed by atoms with van der Waals surface area (Å²) in [4.78, 5) is 10.8. The van der Waals surface area contributed by atoms with E-state index >= 15 is 0 Å². The Labute approximate surface area is 81.9 Å². The molecule has 0 saturated heterocycles. The standard InChI is InChI=1S/C11H11NO2/c1-12-6-5-8-3-4-9(7-13)11(14-2)10(8)12/h3-7H,1-2H3. The van der Waals surface area contributed by atoms with Gasteiger partial charge >= 0.3 is 0 Å². The highest BCUT2D eigenvalue weighted by atomic mass is 16.5. The Balaban J connectivity index is 2.87. The van der Waals surface area contributed by atoms with Crippen molar-refractivity contribution in [3.05, 3.63) is 30.0 Å². The van der Waals surface area contributed by atoms with Crippen molar-refractivity contribution in [1.82, 2.24) is 4.57 Å². The van der Waals surface area contributed by atoms with Crippen molar-refractivity contribution < 1.29 is 9.53 Å². The summed E-state index contributed by atoms with van der Waals surface area (Å²) in [6.07, 6.45) is 2.76. The third kappa shape index (κ3) is 1.09. The summed E-state index contributed by atoms with van der Waals surface area (Å²) in [5.41, 5.74) is 1.54. The molecule has 1 heterocycles. The molecule has 14 heavy (non-hydrogen) atoms. The van der Waals surface area contributed by atoms with Gasteiger partial charge in [0.2, 0.25) is 0 Å². The van der Waals surface area contributed by atoms with Crippen LogP contribution in [0.5, 0.6) is 5.75 Å². The topological polar surface area (TPSA) is 31.2 Å². The largest absolute Gasteiger partial charge is 0.494 e. The van der Waals surface area contributed by atoms with Gasteiger partial charge in [-0.1, -0.05) is 6.07 Å². The summed E-state index contributed by atoms with van der Waals surface area (Å²) in [5, 5.41) is 1.08. The average Bonchev–Trinajstić information content (AvgIpc) is 2.59. The zero-order valence-electron chi connectivity index (χ0n) is 8.15. The smallest absolute Gasteiger partial charge is 0.153 e. The minimum absolute atomic E-state index is 0.585. The molecule has 1 aromatic heterocycles. The van der Waals surface area contributed by atoms with Crippen LogP contribution >= 0.6 is 0 Å². The summed E-state index contributed by atoms with van der Waals surface area (Å²) in [6.45, 7) is 0. The summed E-state index contributed by atoms with van der Waals surface area (Å²) in [5.74, 6) is 0.644. The van der Waals surface area contributed by atoms with Gasteiger partial charge in [0, 0.05) is 18.6 Å². The Bertz CT molecular complexity index is 485. The Hall–Kier alpha value is -1.77. The van der Waals surface area contributed by atoms with Crippen LogP contribution in [0.15, 0.2) is 24.4 Å². The Morgan fingerprint density at radius 2 is 2.14 bits per heavy atom. The predicted molar refractivity (Wildman–Crippen MR) is 54.9 cm³/mol. The second-order valence-corrected chi connectivity index (χ2v) is 3.17. The van der Waals surface area contributed by atoms with E-state index in [1.165, 1.54) is 0 Å². The highest BCUT2D eigenvalue weighted by molar-refractivity contribution is 5.94. The lowest BCUT2D eigenvalue weighted by Crippen LogP contribution is -1.94. The molecule has 2 aromatic rings. The van der Waals surface area contributed by atoms with Gasteiger partial charge in [0.1, 0.15) is 0 Å². The molecule has 2 rings (SSSR count). The molecule has 0 N–H and O–H groups in total. The van der Waals surface area contributed by atoms with Crippen LogP contribution in [-0.4, -0.2) is 18.0 Å². The van der Waals surface area contributed by atoms with E-state index in [4.69, 9.17) is 4.74 Å². The van der Waals surface area contributed by atoms with Crippen molar-refractivity contribution in [2.45, 2.75) is 0 Å². The molecule has 0 radical (unpaired) electrons. The molecule has 72 valence electrons. The lowest BCUT2D eigenvalue weighted by atomic mass is 10.1. The lowest BCUT2D eigenvalue weighted by molar-refractivity contribution is 0.112. The second kappa shape index (κ2) is 3.18. The average molecular weight is 189 g/mol. The summed E-state index contributed by atoms with van der Waals surface area (Å²) >= 11 is 0. The lowest BCUT2D eigenvalue weighted by Gasteiger charge is -2.06. The maximum Gasteiger partial charge on any atom is 0.153 e. The molecule has 0 aliphatic rings. The molecule has 0 bridgehead atoms. The number of aryl methyl sites for hydroxylation is 1. The van der Waals surface area contributed by atoms with Crippen molar-refractivity contribution in [2.75, 3.05) is 7.11 Å². The van der Waals surface area contributed by atoms with E-state index in [0.717, 1.165) is 17.2 Å². The zero-order valence-corrected chi connectivity index (χ0v) is 8.15. The van der Waals surface area contributed by atoms with Crippen molar-refractivity contribution in [1.29, 1.82) is 0 Å². The van der Waals surface area contributed by atoms with Crippen LogP contribution in [0, 0.1) is 0 Å². The highest BCUT2D eigenvalue weighted by Crippen LogP contribution is 2.28. The number of benzene rings is 1. The molecule has 0 aliphatic carbocycles. The monoisotopic (exact) mass is 189 g/mol. The third-order valence-electron chi connectivity index (χ3n) is 2.35. The number of aldehydes is 1. The predicted octanol–water partition coefficient (Wildman–Crippen LogP) is 2.00. The molecular weight excluding hydrogens is 178 g/mol. The molecule has 1 aromatic carbocycles. The fraction of sp³-hybridized carbons (Fsp3) is 0.182. The van der Waals surface area contributed by atoms with Crippen LogP contribution in [0.4, 0.5) is 0 Å². The van der Waals surface area contributed by atoms with Crippen LogP contribution in [0.25, 0.3) is 10.9 Å². The van der Waals surface area contributed by atoms with E-state index in [9.17, 15) is 4.79 Å². The van der Waals surface area contributed by atoms with Gasteiger partial charge in [-0.3, -0.25) is 4.79 Å². The molecule has 0 fully saturated rings. The summed E-state index contributed by atoms with van der Waals surface area (Å²) < 4.78 is 7.18. The highest BCUT2D eigenvalue weighted by Gasteiger charge is 2.09. The number of nitrogens with zero attached hydrogens (tertiary/aromatic N) is 1. The Morgan fingerprint density at radius 1 is 1.36 bits per heavy atom. The van der Waals surface area contributed by atoms with Gasteiger partial charge in [-0.05, 0) is 12.1 Å². The number of hydrogen-bond donors (Lipinski definition) is 0. The zero-order chi connectivity index (χ0) is 10.1. The van der Waals surface area contributed by atoms with E-state index in [2.05, 4.69) is 0 Å². The molecule has 0 aliphatic heterocycles. The van der Waals surface area contributed by atoms with Crippen molar-refractivity contribution in [3.8, 4) is 5.75 Å². The number of aromatic nitrogens is 1. The van der Waals surface area contributed by atoms with E-state index in [-0.39, 0.29) is 0 Å². The fourth-order valence-electron chi connectivity index (χ4n) is 1.67. The van der Waals surface area contributed by atoms with Crippen LogP contribution < -0.4 is 4.74 Å². The Kier molecular flexibility index (Phi) is 2.00. The van der Waals surface area contributed by atoms with Crippen LogP contribution in [0.1, 0.15) is 10.4 Å². The summed E-state index contributed by atoms with van der Waals surface area (Å²) in [6, 6.07) is 5.68. The van der Waals surface area contributed by atoms with Crippen LogP contribution in [0.3, 0.4) is 0 Å². The molecule has 0 spiro atoms. The van der Waals surface area contributed by atoms with E-state index < -0.39 is 0 Å². The number of hydrogen-bond acceptors (Lipinski definition) is 2. The van der Waals surface area contributed by atoms with E-state index in [1.807, 2.05) is 29.9 Å². The minimum atomic E-state index is 0.585. The molecular formula is C11H11NO2. The van der Waals surface area contributed by atoms with Gasteiger partial charge in [0.25, 0.3) is 0 Å². The van der Waals surface area contributed by atoms with Crippen molar-refractivity contribution in [3.63, 3.8) is 0 Å². The number of methoxy groups -OCH3 is 1. The van der Waals surface area contributed by atoms with Crippen LogP contribution in [-0.2, 0) is 7.05 Å². The molecule has 0 atom stereocenters.